The van der Waals surface area contributed by atoms with Crippen molar-refractivity contribution in [2.75, 3.05) is 10.4 Å². The molecule has 0 saturated carbocycles. The average Bonchev–Trinajstić information content (AvgIpc) is 2.90. The van der Waals surface area contributed by atoms with E-state index in [-0.39, 0.29) is 11.8 Å². The van der Waals surface area contributed by atoms with Crippen LogP contribution >= 0.6 is 0 Å². The first-order valence-corrected chi connectivity index (χ1v) is 8.05. The predicted octanol–water partition coefficient (Wildman–Crippen LogP) is 4.50. The van der Waals surface area contributed by atoms with Crippen molar-refractivity contribution in [1.29, 1.82) is 0 Å². The minimum Gasteiger partial charge on any atom is -0.291 e. The van der Waals surface area contributed by atoms with E-state index in [4.69, 9.17) is 0 Å². The number of nitrogens with zero attached hydrogens (tertiary/aromatic N) is 1. The van der Waals surface area contributed by atoms with Crippen LogP contribution in [-0.4, -0.2) is 5.91 Å². The molecule has 1 amide bonds. The number of benzene rings is 3. The molecule has 0 fully saturated rings. The predicted molar refractivity (Wildman–Crippen MR) is 97.0 cm³/mol. The molecule has 4 rings (SSSR count). The first-order valence-electron chi connectivity index (χ1n) is 8.05. The van der Waals surface area contributed by atoms with E-state index in [1.165, 1.54) is 5.56 Å². The van der Waals surface area contributed by atoms with Gasteiger partial charge in [-0.1, -0.05) is 66.2 Å². The van der Waals surface area contributed by atoms with E-state index in [0.29, 0.717) is 0 Å². The number of hydrogen-bond donors (Lipinski definition) is 1. The van der Waals surface area contributed by atoms with Crippen molar-refractivity contribution in [3.8, 4) is 0 Å². The van der Waals surface area contributed by atoms with Gasteiger partial charge in [0.05, 0.1) is 17.3 Å². The highest BCUT2D eigenvalue weighted by Gasteiger charge is 2.38. The van der Waals surface area contributed by atoms with E-state index >= 15 is 0 Å². The molecule has 3 nitrogen and oxygen atoms in total. The summed E-state index contributed by atoms with van der Waals surface area (Å²) in [6, 6.07) is 25.9. The van der Waals surface area contributed by atoms with Crippen LogP contribution in [0.5, 0.6) is 0 Å². The van der Waals surface area contributed by atoms with Gasteiger partial charge in [-0.3, -0.25) is 10.2 Å². The zero-order chi connectivity index (χ0) is 16.5. The summed E-state index contributed by atoms with van der Waals surface area (Å²) in [4.78, 5) is 13.1. The van der Waals surface area contributed by atoms with Gasteiger partial charge in [0.15, 0.2) is 0 Å². The zero-order valence-corrected chi connectivity index (χ0v) is 13.4. The Morgan fingerprint density at radius 3 is 2.25 bits per heavy atom. The minimum atomic E-state index is -0.264. The molecule has 0 saturated heterocycles. The summed E-state index contributed by atoms with van der Waals surface area (Å²) in [5, 5.41) is 1.66. The van der Waals surface area contributed by atoms with Gasteiger partial charge in [-0.2, -0.15) is 0 Å². The standard InChI is InChI=1S/C21H18N2O/c1-15-11-13-17(14-12-15)22-23-19-10-6-5-9-18(19)20(21(23)24)16-7-3-2-4-8-16/h2-14,20,22H,1H3. The van der Waals surface area contributed by atoms with Crippen LogP contribution in [0.25, 0.3) is 0 Å². The maximum Gasteiger partial charge on any atom is 0.257 e. The second-order valence-electron chi connectivity index (χ2n) is 6.05. The first kappa shape index (κ1) is 14.5. The van der Waals surface area contributed by atoms with Crippen molar-refractivity contribution < 1.29 is 4.79 Å². The molecule has 0 aromatic heterocycles. The third-order valence-electron chi connectivity index (χ3n) is 4.38. The molecule has 118 valence electrons. The Bertz CT molecular complexity index is 872. The second-order valence-corrected chi connectivity index (χ2v) is 6.05. The molecular weight excluding hydrogens is 296 g/mol. The Hall–Kier alpha value is -3.07. The third kappa shape index (κ3) is 2.44. The van der Waals surface area contributed by atoms with Crippen LogP contribution in [0.4, 0.5) is 11.4 Å². The lowest BCUT2D eigenvalue weighted by Gasteiger charge is -2.20. The largest absolute Gasteiger partial charge is 0.291 e. The van der Waals surface area contributed by atoms with Gasteiger partial charge in [-0.15, -0.1) is 0 Å². The van der Waals surface area contributed by atoms with Crippen LogP contribution in [0.1, 0.15) is 22.6 Å². The summed E-state index contributed by atoms with van der Waals surface area (Å²) in [5.41, 5.74) is 8.31. The molecule has 1 heterocycles. The summed E-state index contributed by atoms with van der Waals surface area (Å²) >= 11 is 0. The fourth-order valence-corrected chi connectivity index (χ4v) is 3.16. The zero-order valence-electron chi connectivity index (χ0n) is 13.4. The van der Waals surface area contributed by atoms with Crippen LogP contribution in [-0.2, 0) is 4.79 Å². The van der Waals surface area contributed by atoms with Gasteiger partial charge >= 0.3 is 0 Å². The first-order chi connectivity index (χ1) is 11.7. The summed E-state index contributed by atoms with van der Waals surface area (Å²) in [5.74, 6) is -0.219. The van der Waals surface area contributed by atoms with E-state index in [1.54, 1.807) is 5.01 Å². The van der Waals surface area contributed by atoms with Crippen molar-refractivity contribution in [2.45, 2.75) is 12.8 Å². The maximum atomic E-state index is 13.1. The number of para-hydroxylation sites is 1. The molecule has 3 aromatic rings. The average molecular weight is 314 g/mol. The summed E-state index contributed by atoms with van der Waals surface area (Å²) < 4.78 is 0. The van der Waals surface area contributed by atoms with E-state index in [0.717, 1.165) is 22.5 Å². The van der Waals surface area contributed by atoms with Crippen LogP contribution in [0.15, 0.2) is 78.9 Å². The van der Waals surface area contributed by atoms with Gasteiger partial charge in [-0.05, 0) is 36.2 Å². The number of nitrogens with one attached hydrogen (secondary N) is 1. The van der Waals surface area contributed by atoms with Crippen LogP contribution in [0.2, 0.25) is 0 Å². The summed E-state index contributed by atoms with van der Waals surface area (Å²) in [6.45, 7) is 2.05. The van der Waals surface area contributed by atoms with E-state index in [1.807, 2.05) is 85.8 Å². The van der Waals surface area contributed by atoms with E-state index in [2.05, 4.69) is 5.43 Å². The molecule has 1 unspecified atom stereocenters. The number of rotatable bonds is 3. The van der Waals surface area contributed by atoms with E-state index < -0.39 is 0 Å². The van der Waals surface area contributed by atoms with Crippen molar-refractivity contribution >= 4 is 17.3 Å². The highest BCUT2D eigenvalue weighted by molar-refractivity contribution is 6.08. The number of hydrogen-bond acceptors (Lipinski definition) is 2. The molecule has 3 aromatic carbocycles. The molecule has 0 aliphatic carbocycles. The molecule has 0 spiro atoms. The Labute approximate surface area is 141 Å². The molecule has 1 atom stereocenters. The lowest BCUT2D eigenvalue weighted by molar-refractivity contribution is -0.118. The number of anilines is 2. The number of hydrazine groups is 1. The highest BCUT2D eigenvalue weighted by atomic mass is 16.2. The topological polar surface area (TPSA) is 32.3 Å². The Morgan fingerprint density at radius 2 is 1.50 bits per heavy atom. The van der Waals surface area contributed by atoms with Gasteiger partial charge in [0.1, 0.15) is 0 Å². The molecule has 0 radical (unpaired) electrons. The van der Waals surface area contributed by atoms with Crippen molar-refractivity contribution in [2.24, 2.45) is 0 Å². The minimum absolute atomic E-state index is 0.0444. The molecule has 0 bridgehead atoms. The van der Waals surface area contributed by atoms with Gasteiger partial charge < -0.3 is 0 Å². The smallest absolute Gasteiger partial charge is 0.257 e. The number of carbonyl (C=O) groups is 1. The summed E-state index contributed by atoms with van der Waals surface area (Å²) in [6.07, 6.45) is 0. The molecule has 1 aliphatic rings. The Balaban J connectivity index is 1.74. The molecular formula is C21H18N2O. The fourth-order valence-electron chi connectivity index (χ4n) is 3.16. The molecule has 1 aliphatic heterocycles. The normalized spacial score (nSPS) is 16.1. The van der Waals surface area contributed by atoms with Crippen LogP contribution in [0.3, 0.4) is 0 Å². The highest BCUT2D eigenvalue weighted by Crippen LogP contribution is 2.40. The van der Waals surface area contributed by atoms with Gasteiger partial charge in [0.2, 0.25) is 0 Å². The van der Waals surface area contributed by atoms with Crippen molar-refractivity contribution in [3.05, 3.63) is 95.6 Å². The number of aryl methyl sites for hydroxylation is 1. The van der Waals surface area contributed by atoms with Gasteiger partial charge in [0.25, 0.3) is 5.91 Å². The SMILES string of the molecule is Cc1ccc(NN2C(=O)C(c3ccccc3)c3ccccc32)cc1. The molecule has 3 heteroatoms. The molecule has 1 N–H and O–H groups in total. The van der Waals surface area contributed by atoms with Gasteiger partial charge in [-0.25, -0.2) is 5.01 Å². The quantitative estimate of drug-likeness (QED) is 0.772. The lowest BCUT2D eigenvalue weighted by Crippen LogP contribution is -2.34. The van der Waals surface area contributed by atoms with Crippen LogP contribution in [0, 0.1) is 6.92 Å². The van der Waals surface area contributed by atoms with Crippen LogP contribution < -0.4 is 10.4 Å². The lowest BCUT2D eigenvalue weighted by atomic mass is 9.93. The van der Waals surface area contributed by atoms with Crippen molar-refractivity contribution in [1.82, 2.24) is 0 Å². The molecule has 24 heavy (non-hydrogen) atoms. The summed E-state index contributed by atoms with van der Waals surface area (Å²) in [7, 11) is 0. The number of fused-ring (bicyclic) bond motifs is 1. The maximum absolute atomic E-state index is 13.1. The van der Waals surface area contributed by atoms with E-state index in [9.17, 15) is 4.79 Å². The number of amides is 1. The second kappa shape index (κ2) is 5.85. The fraction of sp³-hybridized carbons (Fsp3) is 0.0952. The Kier molecular flexibility index (Phi) is 3.54. The number of carbonyl (C=O) groups excluding carboxylic acids is 1. The Morgan fingerprint density at radius 1 is 0.833 bits per heavy atom. The third-order valence-corrected chi connectivity index (χ3v) is 4.38. The monoisotopic (exact) mass is 314 g/mol. The van der Waals surface area contributed by atoms with Gasteiger partial charge in [0, 0.05) is 0 Å². The van der Waals surface area contributed by atoms with Crippen molar-refractivity contribution in [3.63, 3.8) is 0 Å².